The van der Waals surface area contributed by atoms with E-state index in [1.807, 2.05) is 24.3 Å². The Hall–Kier alpha value is -3.35. The molecule has 0 amide bonds. The van der Waals surface area contributed by atoms with Crippen LogP contribution in [0.15, 0.2) is 40.9 Å². The van der Waals surface area contributed by atoms with Gasteiger partial charge in [-0.25, -0.2) is 4.98 Å². The molecular formula is C26H29N3O4. The van der Waals surface area contributed by atoms with Crippen molar-refractivity contribution < 1.29 is 19.2 Å². The lowest BCUT2D eigenvalue weighted by Crippen LogP contribution is -2.14. The maximum absolute atomic E-state index is 11.5. The van der Waals surface area contributed by atoms with Gasteiger partial charge in [-0.1, -0.05) is 23.4 Å². The number of fused-ring (bicyclic) bond motifs is 2. The van der Waals surface area contributed by atoms with Gasteiger partial charge in [-0.3, -0.25) is 4.79 Å². The van der Waals surface area contributed by atoms with Crippen LogP contribution < -0.4 is 10.1 Å². The number of carbonyl (C=O) groups is 1. The van der Waals surface area contributed by atoms with Crippen LogP contribution in [-0.4, -0.2) is 34.4 Å². The lowest BCUT2D eigenvalue weighted by atomic mass is 9.90. The molecule has 0 aliphatic carbocycles. The highest BCUT2D eigenvalue weighted by atomic mass is 16.5. The molecule has 2 aromatic heterocycles. The molecule has 0 bridgehead atoms. The third kappa shape index (κ3) is 5.18. The summed E-state index contributed by atoms with van der Waals surface area (Å²) in [4.78, 5) is 16.2. The Kier molecular flexibility index (Phi) is 6.28. The van der Waals surface area contributed by atoms with Crippen molar-refractivity contribution in [2.45, 2.75) is 57.3 Å². The van der Waals surface area contributed by atoms with E-state index >= 15 is 0 Å². The Morgan fingerprint density at radius 1 is 1.09 bits per heavy atom. The van der Waals surface area contributed by atoms with Gasteiger partial charge in [0.25, 0.3) is 0 Å². The Morgan fingerprint density at radius 2 is 1.97 bits per heavy atom. The van der Waals surface area contributed by atoms with Gasteiger partial charge in [-0.15, -0.1) is 0 Å². The van der Waals surface area contributed by atoms with E-state index < -0.39 is 5.97 Å². The van der Waals surface area contributed by atoms with Crippen molar-refractivity contribution in [2.24, 2.45) is 0 Å². The Bertz CT molecular complexity index is 1140. The van der Waals surface area contributed by atoms with E-state index in [4.69, 9.17) is 14.2 Å². The molecule has 3 aromatic rings. The topological polar surface area (TPSA) is 97.5 Å². The van der Waals surface area contributed by atoms with Gasteiger partial charge >= 0.3 is 5.97 Å². The van der Waals surface area contributed by atoms with Gasteiger partial charge < -0.3 is 19.7 Å². The number of anilines is 1. The number of aromatic nitrogens is 2. The van der Waals surface area contributed by atoms with E-state index in [1.54, 1.807) is 0 Å². The summed E-state index contributed by atoms with van der Waals surface area (Å²) in [7, 11) is 0. The molecule has 172 valence electrons. The number of carboxylic acid groups (broad SMARTS) is 1. The fourth-order valence-electron chi connectivity index (χ4n) is 4.73. The highest BCUT2D eigenvalue weighted by molar-refractivity contribution is 5.68. The predicted molar refractivity (Wildman–Crippen MR) is 124 cm³/mol. The summed E-state index contributed by atoms with van der Waals surface area (Å²) in [6.07, 6.45) is 6.30. The van der Waals surface area contributed by atoms with Crippen LogP contribution in [0.1, 0.15) is 59.0 Å². The number of carboxylic acids is 1. The first-order valence-corrected chi connectivity index (χ1v) is 11.8. The zero-order chi connectivity index (χ0) is 22.6. The summed E-state index contributed by atoms with van der Waals surface area (Å²) in [6.45, 7) is 1.68. The molecule has 33 heavy (non-hydrogen) atoms. The monoisotopic (exact) mass is 447 g/mol. The zero-order valence-corrected chi connectivity index (χ0v) is 18.7. The standard InChI is InChI=1S/C26H29N3O4/c30-25(31)15-20(19-7-6-17-10-12-32-24(17)14-19)13-23-16-22(29-33-23)5-1-4-21-9-8-18-3-2-11-27-26(18)28-21/h6-9,14,16,20H,1-5,10-13,15H2,(H,27,28)(H,30,31). The number of aryl methyl sites for hydroxylation is 3. The van der Waals surface area contributed by atoms with Gasteiger partial charge in [0.15, 0.2) is 0 Å². The first-order valence-electron chi connectivity index (χ1n) is 11.8. The molecule has 2 aliphatic heterocycles. The molecule has 1 unspecified atom stereocenters. The molecule has 2 aliphatic rings. The summed E-state index contributed by atoms with van der Waals surface area (Å²) < 4.78 is 11.2. The van der Waals surface area contributed by atoms with Gasteiger partial charge in [0.05, 0.1) is 18.7 Å². The second-order valence-electron chi connectivity index (χ2n) is 8.94. The maximum Gasteiger partial charge on any atom is 0.303 e. The van der Waals surface area contributed by atoms with E-state index in [2.05, 4.69) is 22.6 Å². The highest BCUT2D eigenvalue weighted by Crippen LogP contribution is 2.32. The molecule has 7 nitrogen and oxygen atoms in total. The molecule has 5 rings (SSSR count). The highest BCUT2D eigenvalue weighted by Gasteiger charge is 2.22. The molecule has 7 heteroatoms. The largest absolute Gasteiger partial charge is 0.493 e. The molecule has 2 N–H and O–H groups in total. The maximum atomic E-state index is 11.5. The Balaban J connectivity index is 1.19. The smallest absolute Gasteiger partial charge is 0.303 e. The number of pyridine rings is 1. The van der Waals surface area contributed by atoms with Crippen LogP contribution in [0, 0.1) is 0 Å². The number of nitrogens with one attached hydrogen (secondary N) is 1. The molecule has 0 saturated heterocycles. The lowest BCUT2D eigenvalue weighted by Gasteiger charge is -2.17. The molecule has 1 aromatic carbocycles. The second kappa shape index (κ2) is 9.65. The van der Waals surface area contributed by atoms with Crippen LogP contribution >= 0.6 is 0 Å². The lowest BCUT2D eigenvalue weighted by molar-refractivity contribution is -0.137. The average Bonchev–Trinajstić information content (AvgIpc) is 3.47. The van der Waals surface area contributed by atoms with Crippen molar-refractivity contribution in [1.29, 1.82) is 0 Å². The van der Waals surface area contributed by atoms with Crippen molar-refractivity contribution in [1.82, 2.24) is 10.1 Å². The van der Waals surface area contributed by atoms with Gasteiger partial charge in [-0.05, 0) is 60.9 Å². The van der Waals surface area contributed by atoms with Crippen LogP contribution in [0.5, 0.6) is 5.75 Å². The van der Waals surface area contributed by atoms with Crippen molar-refractivity contribution in [3.05, 3.63) is 70.2 Å². The van der Waals surface area contributed by atoms with Crippen molar-refractivity contribution >= 4 is 11.8 Å². The SMILES string of the molecule is O=C(O)CC(Cc1cc(CCCc2ccc3c(n2)NCCC3)no1)c1ccc2c(c1)OCC2. The number of hydrogen-bond acceptors (Lipinski definition) is 6. The van der Waals surface area contributed by atoms with Gasteiger partial charge in [0.2, 0.25) is 0 Å². The first-order chi connectivity index (χ1) is 16.1. The number of nitrogens with zero attached hydrogens (tertiary/aromatic N) is 2. The summed E-state index contributed by atoms with van der Waals surface area (Å²) in [5.74, 6) is 1.60. The third-order valence-electron chi connectivity index (χ3n) is 6.49. The van der Waals surface area contributed by atoms with Gasteiger partial charge in [0, 0.05) is 37.1 Å². The minimum Gasteiger partial charge on any atom is -0.493 e. The van der Waals surface area contributed by atoms with Crippen LogP contribution in [0.4, 0.5) is 5.82 Å². The van der Waals surface area contributed by atoms with Crippen LogP contribution in [0.2, 0.25) is 0 Å². The predicted octanol–water partition coefficient (Wildman–Crippen LogP) is 4.34. The van der Waals surface area contributed by atoms with Crippen LogP contribution in [0.25, 0.3) is 0 Å². The fourth-order valence-corrected chi connectivity index (χ4v) is 4.73. The molecule has 1 atom stereocenters. The second-order valence-corrected chi connectivity index (χ2v) is 8.94. The van der Waals surface area contributed by atoms with E-state index in [0.29, 0.717) is 18.8 Å². The Labute approximate surface area is 193 Å². The van der Waals surface area contributed by atoms with Crippen molar-refractivity contribution in [3.8, 4) is 5.75 Å². The number of rotatable bonds is 9. The van der Waals surface area contributed by atoms with Crippen LogP contribution in [0.3, 0.4) is 0 Å². The molecular weight excluding hydrogens is 418 g/mol. The van der Waals surface area contributed by atoms with E-state index in [9.17, 15) is 9.90 Å². The third-order valence-corrected chi connectivity index (χ3v) is 6.49. The summed E-state index contributed by atoms with van der Waals surface area (Å²) >= 11 is 0. The molecule has 0 radical (unpaired) electrons. The minimum absolute atomic E-state index is 0.0346. The minimum atomic E-state index is -0.826. The number of ether oxygens (including phenoxy) is 1. The quantitative estimate of drug-likeness (QED) is 0.504. The first kappa shape index (κ1) is 21.5. The number of benzene rings is 1. The van der Waals surface area contributed by atoms with Gasteiger partial charge in [-0.2, -0.15) is 0 Å². The zero-order valence-electron chi connectivity index (χ0n) is 18.7. The van der Waals surface area contributed by atoms with E-state index in [-0.39, 0.29) is 12.3 Å². The number of hydrogen-bond donors (Lipinski definition) is 2. The normalized spacial score (nSPS) is 15.3. The molecule has 0 fully saturated rings. The van der Waals surface area contributed by atoms with Crippen LogP contribution in [-0.2, 0) is 36.9 Å². The van der Waals surface area contributed by atoms with E-state index in [0.717, 1.165) is 73.6 Å². The van der Waals surface area contributed by atoms with Crippen molar-refractivity contribution in [3.63, 3.8) is 0 Å². The van der Waals surface area contributed by atoms with Crippen molar-refractivity contribution in [2.75, 3.05) is 18.5 Å². The molecule has 4 heterocycles. The fraction of sp³-hybridized carbons (Fsp3) is 0.423. The summed E-state index contributed by atoms with van der Waals surface area (Å²) in [5, 5.41) is 17.0. The number of aliphatic carboxylic acids is 1. The molecule has 0 saturated carbocycles. The summed E-state index contributed by atoms with van der Waals surface area (Å²) in [6, 6.07) is 12.3. The Morgan fingerprint density at radius 3 is 2.88 bits per heavy atom. The molecule has 0 spiro atoms. The summed E-state index contributed by atoms with van der Waals surface area (Å²) in [5.41, 5.74) is 5.43. The van der Waals surface area contributed by atoms with E-state index in [1.165, 1.54) is 11.1 Å². The average molecular weight is 448 g/mol. The van der Waals surface area contributed by atoms with Gasteiger partial charge in [0.1, 0.15) is 17.3 Å².